The molecule has 0 aliphatic rings. The molecular formula is C16H15N3O3S3. The van der Waals surface area contributed by atoms with Gasteiger partial charge in [-0.2, -0.15) is 0 Å². The van der Waals surface area contributed by atoms with Gasteiger partial charge in [0.05, 0.1) is 18.4 Å². The minimum Gasteiger partial charge on any atom is -0.465 e. The molecule has 3 rings (SSSR count). The second-order valence-electron chi connectivity index (χ2n) is 5.13. The highest BCUT2D eigenvalue weighted by atomic mass is 32.2. The van der Waals surface area contributed by atoms with Gasteiger partial charge in [0, 0.05) is 10.3 Å². The van der Waals surface area contributed by atoms with Crippen LogP contribution in [0.5, 0.6) is 0 Å². The number of thioether (sulfide) groups is 1. The van der Waals surface area contributed by atoms with E-state index in [4.69, 9.17) is 4.74 Å². The third-order valence-electron chi connectivity index (χ3n) is 3.59. The molecule has 0 fully saturated rings. The van der Waals surface area contributed by atoms with Crippen LogP contribution in [0.1, 0.15) is 20.8 Å². The number of aromatic nitrogens is 2. The molecule has 0 saturated carbocycles. The lowest BCUT2D eigenvalue weighted by Gasteiger charge is -2.06. The molecule has 0 bridgehead atoms. The molecule has 9 heteroatoms. The van der Waals surface area contributed by atoms with Crippen molar-refractivity contribution in [2.75, 3.05) is 18.2 Å². The summed E-state index contributed by atoms with van der Waals surface area (Å²) in [6.07, 6.45) is 1.50. The lowest BCUT2D eigenvalue weighted by Crippen LogP contribution is -2.16. The van der Waals surface area contributed by atoms with E-state index in [9.17, 15) is 9.59 Å². The minimum atomic E-state index is -0.444. The lowest BCUT2D eigenvalue weighted by molar-refractivity contribution is -0.113. The molecule has 0 atom stereocenters. The van der Waals surface area contributed by atoms with Gasteiger partial charge in [-0.1, -0.05) is 11.8 Å². The van der Waals surface area contributed by atoms with Crippen molar-refractivity contribution in [3.8, 4) is 0 Å². The predicted octanol–water partition coefficient (Wildman–Crippen LogP) is 3.89. The number of ether oxygens (including phenoxy) is 1. The molecule has 25 heavy (non-hydrogen) atoms. The van der Waals surface area contributed by atoms with E-state index in [1.165, 1.54) is 47.9 Å². The summed E-state index contributed by atoms with van der Waals surface area (Å²) in [7, 11) is 1.33. The van der Waals surface area contributed by atoms with Crippen molar-refractivity contribution in [3.63, 3.8) is 0 Å². The number of carbonyl (C=O) groups is 2. The SMILES string of the molecule is COC(=O)c1c(NC(=O)CSc2ncnc3sccc23)sc(C)c1C. The summed E-state index contributed by atoms with van der Waals surface area (Å²) in [5.74, 6) is -0.447. The summed E-state index contributed by atoms with van der Waals surface area (Å²) >= 11 is 4.25. The van der Waals surface area contributed by atoms with E-state index in [2.05, 4.69) is 15.3 Å². The van der Waals surface area contributed by atoms with E-state index in [0.29, 0.717) is 10.6 Å². The molecule has 3 aromatic rings. The standard InChI is InChI=1S/C16H15N3O3S3/c1-8-9(2)25-15(12(8)16(21)22-3)19-11(20)6-24-14-10-4-5-23-13(10)17-7-18-14/h4-5,7H,6H2,1-3H3,(H,19,20). The van der Waals surface area contributed by atoms with Crippen LogP contribution >= 0.6 is 34.4 Å². The number of rotatable bonds is 5. The number of esters is 1. The van der Waals surface area contributed by atoms with Crippen LogP contribution in [0.2, 0.25) is 0 Å². The van der Waals surface area contributed by atoms with E-state index >= 15 is 0 Å². The van der Waals surface area contributed by atoms with Gasteiger partial charge in [-0.15, -0.1) is 22.7 Å². The second kappa shape index (κ2) is 7.51. The van der Waals surface area contributed by atoms with Crippen molar-refractivity contribution in [3.05, 3.63) is 33.8 Å². The molecule has 6 nitrogen and oxygen atoms in total. The number of aryl methyl sites for hydroxylation is 1. The molecule has 0 aliphatic carbocycles. The Morgan fingerprint density at radius 3 is 2.88 bits per heavy atom. The Kier molecular flexibility index (Phi) is 5.36. The van der Waals surface area contributed by atoms with Gasteiger partial charge in [0.15, 0.2) is 0 Å². The molecule has 0 saturated heterocycles. The first-order chi connectivity index (χ1) is 12.0. The predicted molar refractivity (Wildman–Crippen MR) is 102 cm³/mol. The van der Waals surface area contributed by atoms with E-state index in [1.807, 2.05) is 25.3 Å². The molecule has 3 aromatic heterocycles. The van der Waals surface area contributed by atoms with Crippen LogP contribution in [-0.4, -0.2) is 34.7 Å². The molecule has 0 spiro atoms. The fourth-order valence-corrected chi connectivity index (χ4v) is 4.89. The normalized spacial score (nSPS) is 10.8. The van der Waals surface area contributed by atoms with Crippen molar-refractivity contribution < 1.29 is 14.3 Å². The molecule has 0 aromatic carbocycles. The Hall–Kier alpha value is -1.97. The van der Waals surface area contributed by atoms with Gasteiger partial charge in [0.2, 0.25) is 5.91 Å². The van der Waals surface area contributed by atoms with Crippen LogP contribution in [-0.2, 0) is 9.53 Å². The number of hydrogen-bond acceptors (Lipinski definition) is 8. The Labute approximate surface area is 156 Å². The van der Waals surface area contributed by atoms with Gasteiger partial charge in [0.25, 0.3) is 0 Å². The van der Waals surface area contributed by atoms with E-state index in [1.54, 1.807) is 0 Å². The number of nitrogens with zero attached hydrogens (tertiary/aromatic N) is 2. The van der Waals surface area contributed by atoms with Crippen LogP contribution in [0.3, 0.4) is 0 Å². The average Bonchev–Trinajstić information content (AvgIpc) is 3.18. The third-order valence-corrected chi connectivity index (χ3v) is 6.54. The number of carbonyl (C=O) groups excluding carboxylic acids is 2. The summed E-state index contributed by atoms with van der Waals surface area (Å²) in [5, 5.41) is 7.01. The maximum atomic E-state index is 12.3. The van der Waals surface area contributed by atoms with Crippen molar-refractivity contribution in [1.29, 1.82) is 0 Å². The van der Waals surface area contributed by atoms with Gasteiger partial charge in [-0.25, -0.2) is 14.8 Å². The number of thiophene rings is 2. The monoisotopic (exact) mass is 393 g/mol. The van der Waals surface area contributed by atoms with E-state index < -0.39 is 5.97 Å². The maximum absolute atomic E-state index is 12.3. The number of anilines is 1. The summed E-state index contributed by atoms with van der Waals surface area (Å²) in [4.78, 5) is 34.6. The minimum absolute atomic E-state index is 0.193. The van der Waals surface area contributed by atoms with Gasteiger partial charge in [-0.05, 0) is 30.9 Å². The van der Waals surface area contributed by atoms with Crippen molar-refractivity contribution in [2.45, 2.75) is 18.9 Å². The molecule has 0 radical (unpaired) electrons. The Morgan fingerprint density at radius 1 is 1.32 bits per heavy atom. The molecular weight excluding hydrogens is 378 g/mol. The van der Waals surface area contributed by atoms with Gasteiger partial charge < -0.3 is 10.1 Å². The zero-order valence-corrected chi connectivity index (χ0v) is 16.2. The smallest absolute Gasteiger partial charge is 0.341 e. The van der Waals surface area contributed by atoms with E-state index in [-0.39, 0.29) is 11.7 Å². The second-order valence-corrected chi connectivity index (χ2v) is 8.22. The molecule has 130 valence electrons. The van der Waals surface area contributed by atoms with Crippen LogP contribution < -0.4 is 5.32 Å². The van der Waals surface area contributed by atoms with Gasteiger partial charge in [0.1, 0.15) is 21.2 Å². The molecule has 0 aliphatic heterocycles. The zero-order chi connectivity index (χ0) is 18.0. The first-order valence-electron chi connectivity index (χ1n) is 7.30. The van der Waals surface area contributed by atoms with Crippen molar-refractivity contribution >= 4 is 61.5 Å². The number of fused-ring (bicyclic) bond motifs is 1. The topological polar surface area (TPSA) is 81.2 Å². The molecule has 1 N–H and O–H groups in total. The summed E-state index contributed by atoms with van der Waals surface area (Å²) in [6, 6.07) is 1.95. The zero-order valence-electron chi connectivity index (χ0n) is 13.8. The fraction of sp³-hybridized carbons (Fsp3) is 0.250. The summed E-state index contributed by atoms with van der Waals surface area (Å²) < 4.78 is 4.82. The quantitative estimate of drug-likeness (QED) is 0.402. The highest BCUT2D eigenvalue weighted by Gasteiger charge is 2.21. The largest absolute Gasteiger partial charge is 0.465 e. The van der Waals surface area contributed by atoms with Gasteiger partial charge >= 0.3 is 5.97 Å². The Bertz CT molecular complexity index is 949. The van der Waals surface area contributed by atoms with E-state index in [0.717, 1.165) is 25.7 Å². The van der Waals surface area contributed by atoms with Crippen LogP contribution in [0.15, 0.2) is 22.8 Å². The highest BCUT2D eigenvalue weighted by Crippen LogP contribution is 2.33. The Morgan fingerprint density at radius 2 is 2.12 bits per heavy atom. The molecule has 3 heterocycles. The number of amides is 1. The summed E-state index contributed by atoms with van der Waals surface area (Å²) in [6.45, 7) is 3.75. The Balaban J connectivity index is 1.72. The first-order valence-corrected chi connectivity index (χ1v) is 9.98. The molecule has 0 unspecified atom stereocenters. The van der Waals surface area contributed by atoms with Crippen LogP contribution in [0.4, 0.5) is 5.00 Å². The number of methoxy groups -OCH3 is 1. The molecule has 1 amide bonds. The van der Waals surface area contributed by atoms with Crippen LogP contribution in [0, 0.1) is 13.8 Å². The van der Waals surface area contributed by atoms with Crippen molar-refractivity contribution in [1.82, 2.24) is 9.97 Å². The summed E-state index contributed by atoms with van der Waals surface area (Å²) in [5.41, 5.74) is 1.25. The third kappa shape index (κ3) is 3.68. The fourth-order valence-electron chi connectivity index (χ4n) is 2.24. The first kappa shape index (κ1) is 17.8. The maximum Gasteiger partial charge on any atom is 0.341 e. The van der Waals surface area contributed by atoms with Gasteiger partial charge in [-0.3, -0.25) is 4.79 Å². The average molecular weight is 394 g/mol. The highest BCUT2D eigenvalue weighted by molar-refractivity contribution is 8.00. The van der Waals surface area contributed by atoms with Crippen molar-refractivity contribution in [2.24, 2.45) is 0 Å². The lowest BCUT2D eigenvalue weighted by atomic mass is 10.1. The number of hydrogen-bond donors (Lipinski definition) is 1. The van der Waals surface area contributed by atoms with Crippen LogP contribution in [0.25, 0.3) is 10.2 Å². The number of nitrogens with one attached hydrogen (secondary N) is 1.